The summed E-state index contributed by atoms with van der Waals surface area (Å²) in [5.74, 6) is -2.06. The van der Waals surface area contributed by atoms with Crippen LogP contribution in [0.1, 0.15) is 84.5 Å². The maximum Gasteiger partial charge on any atom is 0.241 e. The molecule has 5 heteroatoms. The number of unbranched alkanes of at least 4 members (excludes halogenated alkanes) is 9. The van der Waals surface area contributed by atoms with Gasteiger partial charge in [0.05, 0.1) is 6.04 Å². The third-order valence-electron chi connectivity index (χ3n) is 5.69. The predicted octanol–water partition coefficient (Wildman–Crippen LogP) is 3.52. The Labute approximate surface area is 158 Å². The smallest absolute Gasteiger partial charge is 0.241 e. The van der Waals surface area contributed by atoms with Crippen LogP contribution in [0.3, 0.4) is 0 Å². The van der Waals surface area contributed by atoms with Crippen LogP contribution in [-0.2, 0) is 14.4 Å². The average Bonchev–Trinajstić information content (AvgIpc) is 2.82. The van der Waals surface area contributed by atoms with Crippen LogP contribution in [0.25, 0.3) is 0 Å². The van der Waals surface area contributed by atoms with Crippen molar-refractivity contribution in [2.45, 2.75) is 90.5 Å². The van der Waals surface area contributed by atoms with E-state index in [9.17, 15) is 14.4 Å². The van der Waals surface area contributed by atoms with Gasteiger partial charge in [-0.1, -0.05) is 64.7 Å². The molecule has 1 amide bonds. The number of amides is 1. The van der Waals surface area contributed by atoms with E-state index in [1.54, 1.807) is 14.0 Å². The number of carbonyl (C=O) groups excluding carboxylic acids is 3. The molecular weight excluding hydrogens is 330 g/mol. The molecular formula is C21H37NO4. The molecule has 0 aromatic carbocycles. The lowest BCUT2D eigenvalue weighted by molar-refractivity contribution is -0.140. The molecule has 1 heterocycles. The van der Waals surface area contributed by atoms with Crippen molar-refractivity contribution in [3.63, 3.8) is 0 Å². The highest BCUT2D eigenvalue weighted by Crippen LogP contribution is 2.25. The zero-order chi connectivity index (χ0) is 19.5. The van der Waals surface area contributed by atoms with E-state index in [0.29, 0.717) is 6.61 Å². The van der Waals surface area contributed by atoms with Crippen LogP contribution < -0.4 is 0 Å². The van der Waals surface area contributed by atoms with Gasteiger partial charge in [-0.25, -0.2) is 0 Å². The van der Waals surface area contributed by atoms with Gasteiger partial charge >= 0.3 is 0 Å². The molecule has 1 aliphatic heterocycles. The molecule has 1 rings (SSSR count). The Kier molecular flexibility index (Phi) is 10.7. The number of aliphatic hydroxyl groups excluding tert-OH is 1. The zero-order valence-corrected chi connectivity index (χ0v) is 16.8. The highest BCUT2D eigenvalue weighted by molar-refractivity contribution is 6.24. The summed E-state index contributed by atoms with van der Waals surface area (Å²) in [5.41, 5.74) is 0. The van der Waals surface area contributed by atoms with Crippen molar-refractivity contribution in [1.82, 2.24) is 4.90 Å². The van der Waals surface area contributed by atoms with Gasteiger partial charge in [-0.3, -0.25) is 14.4 Å². The summed E-state index contributed by atoms with van der Waals surface area (Å²) < 4.78 is 0. The quantitative estimate of drug-likeness (QED) is 0.376. The van der Waals surface area contributed by atoms with E-state index in [1.165, 1.54) is 43.4 Å². The minimum absolute atomic E-state index is 0.195. The normalized spacial score (nSPS) is 21.5. The Bertz CT molecular complexity index is 443. The van der Waals surface area contributed by atoms with Crippen molar-refractivity contribution in [1.29, 1.82) is 0 Å². The molecule has 0 aromatic rings. The van der Waals surface area contributed by atoms with Gasteiger partial charge in [0, 0.05) is 19.6 Å². The Morgan fingerprint density at radius 1 is 0.962 bits per heavy atom. The topological polar surface area (TPSA) is 74.7 Å². The lowest BCUT2D eigenvalue weighted by Crippen LogP contribution is -2.32. The Morgan fingerprint density at radius 2 is 1.42 bits per heavy atom. The van der Waals surface area contributed by atoms with E-state index in [4.69, 9.17) is 5.11 Å². The molecule has 1 aliphatic rings. The number of ketones is 2. The molecule has 0 bridgehead atoms. The first-order valence-corrected chi connectivity index (χ1v) is 10.4. The number of hydrogen-bond donors (Lipinski definition) is 1. The second kappa shape index (κ2) is 12.2. The standard InChI is InChI=1S/C21H37NO4/c1-16(19(24)18-20(25)17(2)22(3)21(18)26)14-12-10-8-6-4-5-7-9-11-13-15-23/h16-18,23H,4-15H2,1-3H3/t16-,17-,18?/m0/s1. The predicted molar refractivity (Wildman–Crippen MR) is 103 cm³/mol. The molecule has 0 radical (unpaired) electrons. The van der Waals surface area contributed by atoms with Crippen LogP contribution in [0.15, 0.2) is 0 Å². The lowest BCUT2D eigenvalue weighted by atomic mass is 9.87. The second-order valence-corrected chi connectivity index (χ2v) is 7.81. The van der Waals surface area contributed by atoms with Crippen molar-refractivity contribution >= 4 is 17.5 Å². The highest BCUT2D eigenvalue weighted by Gasteiger charge is 2.47. The first kappa shape index (κ1) is 22.8. The minimum atomic E-state index is -1.06. The average molecular weight is 368 g/mol. The number of nitrogens with zero attached hydrogens (tertiary/aromatic N) is 1. The molecule has 1 unspecified atom stereocenters. The fourth-order valence-electron chi connectivity index (χ4n) is 3.61. The maximum atomic E-state index is 12.5. The van der Waals surface area contributed by atoms with Crippen LogP contribution in [0.4, 0.5) is 0 Å². The number of hydrogen-bond acceptors (Lipinski definition) is 4. The molecule has 5 nitrogen and oxygen atoms in total. The molecule has 0 saturated carbocycles. The third-order valence-corrected chi connectivity index (χ3v) is 5.69. The molecule has 0 aromatic heterocycles. The van der Waals surface area contributed by atoms with E-state index < -0.39 is 12.0 Å². The lowest BCUT2D eigenvalue weighted by Gasteiger charge is -2.14. The van der Waals surface area contributed by atoms with Crippen molar-refractivity contribution in [2.75, 3.05) is 13.7 Å². The summed E-state index contributed by atoms with van der Waals surface area (Å²) in [7, 11) is 1.59. The summed E-state index contributed by atoms with van der Waals surface area (Å²) in [6.07, 6.45) is 12.3. The van der Waals surface area contributed by atoms with Crippen molar-refractivity contribution < 1.29 is 19.5 Å². The van der Waals surface area contributed by atoms with Crippen LogP contribution >= 0.6 is 0 Å². The van der Waals surface area contributed by atoms with Crippen LogP contribution in [0.5, 0.6) is 0 Å². The Morgan fingerprint density at radius 3 is 1.85 bits per heavy atom. The van der Waals surface area contributed by atoms with Crippen LogP contribution in [-0.4, -0.2) is 47.2 Å². The number of carbonyl (C=O) groups is 3. The first-order valence-electron chi connectivity index (χ1n) is 10.4. The SMILES string of the molecule is C[C@@H](CCCCCCCCCCCCO)C(=O)C1C(=O)[C@H](C)N(C)C1=O. The number of Topliss-reactive ketones (excluding diaryl/α,β-unsaturated/α-hetero) is 2. The fourth-order valence-corrected chi connectivity index (χ4v) is 3.61. The van der Waals surface area contributed by atoms with Gasteiger partial charge in [-0.15, -0.1) is 0 Å². The summed E-state index contributed by atoms with van der Waals surface area (Å²) in [4.78, 5) is 38.1. The van der Waals surface area contributed by atoms with Gasteiger partial charge in [0.15, 0.2) is 17.5 Å². The molecule has 1 saturated heterocycles. The number of rotatable bonds is 14. The number of likely N-dealkylation sites (tertiary alicyclic amines) is 1. The van der Waals surface area contributed by atoms with Gasteiger partial charge in [-0.05, 0) is 19.8 Å². The van der Waals surface area contributed by atoms with Crippen LogP contribution in [0, 0.1) is 11.8 Å². The van der Waals surface area contributed by atoms with Gasteiger partial charge in [0.2, 0.25) is 5.91 Å². The summed E-state index contributed by atoms with van der Waals surface area (Å²) in [6.45, 7) is 3.84. The van der Waals surface area contributed by atoms with Crippen molar-refractivity contribution in [3.8, 4) is 0 Å². The zero-order valence-electron chi connectivity index (χ0n) is 16.8. The number of aliphatic hydroxyl groups is 1. The van der Waals surface area contributed by atoms with Gasteiger partial charge in [-0.2, -0.15) is 0 Å². The third kappa shape index (κ3) is 6.82. The molecule has 1 N–H and O–H groups in total. The number of likely N-dealkylation sites (N-methyl/N-ethyl adjacent to an activating group) is 1. The van der Waals surface area contributed by atoms with E-state index in [1.807, 2.05) is 6.92 Å². The Balaban J connectivity index is 2.11. The molecule has 1 fully saturated rings. The second-order valence-electron chi connectivity index (χ2n) is 7.81. The summed E-state index contributed by atoms with van der Waals surface area (Å²) in [5, 5.41) is 8.72. The van der Waals surface area contributed by atoms with Crippen molar-refractivity contribution in [2.24, 2.45) is 11.8 Å². The van der Waals surface area contributed by atoms with Gasteiger partial charge in [0.1, 0.15) is 0 Å². The minimum Gasteiger partial charge on any atom is -0.396 e. The van der Waals surface area contributed by atoms with E-state index in [0.717, 1.165) is 32.1 Å². The highest BCUT2D eigenvalue weighted by atomic mass is 16.3. The van der Waals surface area contributed by atoms with Gasteiger partial charge in [0.25, 0.3) is 0 Å². The maximum absolute atomic E-state index is 12.5. The Hall–Kier alpha value is -1.23. The monoisotopic (exact) mass is 367 g/mol. The molecule has 26 heavy (non-hydrogen) atoms. The summed E-state index contributed by atoms with van der Waals surface area (Å²) >= 11 is 0. The van der Waals surface area contributed by atoms with E-state index in [-0.39, 0.29) is 23.4 Å². The molecule has 150 valence electrons. The first-order chi connectivity index (χ1) is 12.4. The fraction of sp³-hybridized carbons (Fsp3) is 0.857. The molecule has 0 spiro atoms. The van der Waals surface area contributed by atoms with Crippen molar-refractivity contribution in [3.05, 3.63) is 0 Å². The molecule has 3 atom stereocenters. The molecule has 0 aliphatic carbocycles. The summed E-state index contributed by atoms with van der Waals surface area (Å²) in [6, 6.07) is -0.479. The van der Waals surface area contributed by atoms with Gasteiger partial charge < -0.3 is 10.0 Å². The van der Waals surface area contributed by atoms with E-state index in [2.05, 4.69) is 0 Å². The van der Waals surface area contributed by atoms with Crippen LogP contribution in [0.2, 0.25) is 0 Å². The largest absolute Gasteiger partial charge is 0.396 e. The van der Waals surface area contributed by atoms with E-state index >= 15 is 0 Å².